The van der Waals surface area contributed by atoms with E-state index in [1.54, 1.807) is 6.08 Å². The largest absolute Gasteiger partial charge is 0.247 e. The predicted molar refractivity (Wildman–Crippen MR) is 49.1 cm³/mol. The third kappa shape index (κ3) is 12.2. The Morgan fingerprint density at radius 3 is 2.36 bits per heavy atom. The summed E-state index contributed by atoms with van der Waals surface area (Å²) >= 11 is 0. The van der Waals surface area contributed by atoms with E-state index in [2.05, 4.69) is 19.8 Å². The Bertz CT molecular complexity index is 140. The van der Waals surface area contributed by atoms with Gasteiger partial charge in [0.1, 0.15) is 6.67 Å². The minimum absolute atomic E-state index is 0.361. The molecule has 0 fully saturated rings. The molecule has 0 saturated carbocycles. The molecule has 0 aromatic heterocycles. The van der Waals surface area contributed by atoms with Gasteiger partial charge in [-0.1, -0.05) is 30.7 Å². The molecule has 0 rings (SSSR count). The van der Waals surface area contributed by atoms with Crippen molar-refractivity contribution in [2.75, 3.05) is 6.67 Å². The molecule has 1 heteroatoms. The van der Waals surface area contributed by atoms with E-state index in [9.17, 15) is 4.39 Å². The second kappa shape index (κ2) is 11.7. The molecular weight excluding hydrogens is 139 g/mol. The van der Waals surface area contributed by atoms with Crippen molar-refractivity contribution in [3.05, 3.63) is 23.8 Å². The maximum Gasteiger partial charge on any atom is 0.108 e. The molecule has 0 atom stereocenters. The normalized spacial score (nSPS) is 10.8. The standard InChI is InChI=1S/C8H13F.C2H2/c1-3-4-5-8(2)6-7-9;1-2/h4-6H,3,7H2,1-2H3;1-2H/b5-4-,8-6-;. The second-order valence-electron chi connectivity index (χ2n) is 1.91. The zero-order valence-electron chi connectivity index (χ0n) is 7.18. The van der Waals surface area contributed by atoms with Crippen LogP contribution in [0.4, 0.5) is 4.39 Å². The first-order valence-corrected chi connectivity index (χ1v) is 3.53. The maximum atomic E-state index is 11.6. The monoisotopic (exact) mass is 154 g/mol. The van der Waals surface area contributed by atoms with Crippen LogP contribution >= 0.6 is 0 Å². The smallest absolute Gasteiger partial charge is 0.108 e. The molecule has 0 spiro atoms. The van der Waals surface area contributed by atoms with Crippen molar-refractivity contribution >= 4 is 0 Å². The number of hydrogen-bond acceptors (Lipinski definition) is 0. The maximum absolute atomic E-state index is 11.6. The number of hydrogen-bond donors (Lipinski definition) is 0. The summed E-state index contributed by atoms with van der Waals surface area (Å²) in [5.41, 5.74) is 0.999. The van der Waals surface area contributed by atoms with Gasteiger partial charge in [-0.25, -0.2) is 4.39 Å². The summed E-state index contributed by atoms with van der Waals surface area (Å²) in [6.45, 7) is 3.59. The van der Waals surface area contributed by atoms with Crippen molar-refractivity contribution < 1.29 is 4.39 Å². The van der Waals surface area contributed by atoms with Gasteiger partial charge in [-0.2, -0.15) is 0 Å². The summed E-state index contributed by atoms with van der Waals surface area (Å²) in [6, 6.07) is 0. The average molecular weight is 154 g/mol. The molecule has 0 aliphatic heterocycles. The minimum Gasteiger partial charge on any atom is -0.247 e. The van der Waals surface area contributed by atoms with Gasteiger partial charge in [-0.15, -0.1) is 12.8 Å². The van der Waals surface area contributed by atoms with Gasteiger partial charge in [-0.3, -0.25) is 0 Å². The molecule has 0 aromatic rings. The van der Waals surface area contributed by atoms with E-state index in [-0.39, 0.29) is 6.67 Å². The van der Waals surface area contributed by atoms with Crippen LogP contribution in [0.25, 0.3) is 0 Å². The van der Waals surface area contributed by atoms with E-state index in [0.717, 1.165) is 12.0 Å². The lowest BCUT2D eigenvalue weighted by Gasteiger charge is -1.85. The van der Waals surface area contributed by atoms with Crippen molar-refractivity contribution in [3.63, 3.8) is 0 Å². The Hall–Kier alpha value is -1.03. The first kappa shape index (κ1) is 12.6. The van der Waals surface area contributed by atoms with E-state index < -0.39 is 0 Å². The fourth-order valence-corrected chi connectivity index (χ4v) is 0.493. The van der Waals surface area contributed by atoms with Crippen LogP contribution in [0.15, 0.2) is 23.8 Å². The van der Waals surface area contributed by atoms with Crippen molar-refractivity contribution in [2.45, 2.75) is 20.3 Å². The highest BCUT2D eigenvalue weighted by molar-refractivity contribution is 5.15. The van der Waals surface area contributed by atoms with Gasteiger partial charge in [0.15, 0.2) is 0 Å². The first-order chi connectivity index (χ1) is 5.31. The molecule has 0 radical (unpaired) electrons. The van der Waals surface area contributed by atoms with E-state index in [0.29, 0.717) is 0 Å². The Morgan fingerprint density at radius 2 is 2.00 bits per heavy atom. The number of allylic oxidation sites excluding steroid dienone is 4. The molecular formula is C10H15F. The number of halogens is 1. The highest BCUT2D eigenvalue weighted by atomic mass is 19.1. The molecule has 0 N–H and O–H groups in total. The van der Waals surface area contributed by atoms with Crippen LogP contribution in [0.2, 0.25) is 0 Å². The Morgan fingerprint density at radius 1 is 1.45 bits per heavy atom. The van der Waals surface area contributed by atoms with E-state index >= 15 is 0 Å². The molecule has 0 unspecified atom stereocenters. The van der Waals surface area contributed by atoms with Crippen molar-refractivity contribution in [1.82, 2.24) is 0 Å². The number of terminal acetylenes is 1. The summed E-state index contributed by atoms with van der Waals surface area (Å²) in [5, 5.41) is 0. The summed E-state index contributed by atoms with van der Waals surface area (Å²) in [6.07, 6.45) is 14.5. The summed E-state index contributed by atoms with van der Waals surface area (Å²) in [4.78, 5) is 0. The van der Waals surface area contributed by atoms with E-state index in [4.69, 9.17) is 0 Å². The average Bonchev–Trinajstić information content (AvgIpc) is 2.05. The topological polar surface area (TPSA) is 0 Å². The first-order valence-electron chi connectivity index (χ1n) is 3.53. The zero-order chi connectivity index (χ0) is 9.11. The Balaban J connectivity index is 0. The number of rotatable bonds is 3. The molecule has 11 heavy (non-hydrogen) atoms. The molecule has 0 amide bonds. The van der Waals surface area contributed by atoms with Gasteiger partial charge in [0.25, 0.3) is 0 Å². The molecule has 0 aliphatic carbocycles. The molecule has 62 valence electrons. The summed E-state index contributed by atoms with van der Waals surface area (Å²) < 4.78 is 11.6. The van der Waals surface area contributed by atoms with Gasteiger partial charge in [-0.05, 0) is 13.3 Å². The van der Waals surface area contributed by atoms with Crippen molar-refractivity contribution in [1.29, 1.82) is 0 Å². The fourth-order valence-electron chi connectivity index (χ4n) is 0.493. The quantitative estimate of drug-likeness (QED) is 0.433. The second-order valence-corrected chi connectivity index (χ2v) is 1.91. The summed E-state index contributed by atoms with van der Waals surface area (Å²) in [5.74, 6) is 0. The molecule has 0 nitrogen and oxygen atoms in total. The predicted octanol–water partition coefficient (Wildman–Crippen LogP) is 3.12. The van der Waals surface area contributed by atoms with Gasteiger partial charge >= 0.3 is 0 Å². The molecule has 0 bridgehead atoms. The van der Waals surface area contributed by atoms with E-state index in [1.807, 2.05) is 19.1 Å². The summed E-state index contributed by atoms with van der Waals surface area (Å²) in [7, 11) is 0. The van der Waals surface area contributed by atoms with Crippen LogP contribution in [-0.4, -0.2) is 6.67 Å². The highest BCUT2D eigenvalue weighted by Crippen LogP contribution is 1.95. The van der Waals surface area contributed by atoms with Crippen LogP contribution in [0.3, 0.4) is 0 Å². The third-order valence-electron chi connectivity index (χ3n) is 1.02. The Labute approximate surface area is 68.8 Å². The number of alkyl halides is 1. The van der Waals surface area contributed by atoms with Crippen LogP contribution in [0.1, 0.15) is 20.3 Å². The highest BCUT2D eigenvalue weighted by Gasteiger charge is 1.77. The molecule has 0 saturated heterocycles. The Kier molecular flexibility index (Phi) is 13.5. The minimum atomic E-state index is -0.361. The molecule has 0 heterocycles. The van der Waals surface area contributed by atoms with Gasteiger partial charge < -0.3 is 0 Å². The van der Waals surface area contributed by atoms with Crippen LogP contribution in [0.5, 0.6) is 0 Å². The molecule has 0 aliphatic rings. The fraction of sp³-hybridized carbons (Fsp3) is 0.400. The van der Waals surface area contributed by atoms with Crippen molar-refractivity contribution in [3.8, 4) is 12.8 Å². The third-order valence-corrected chi connectivity index (χ3v) is 1.02. The van der Waals surface area contributed by atoms with Gasteiger partial charge in [0, 0.05) is 0 Å². The van der Waals surface area contributed by atoms with Crippen LogP contribution in [0, 0.1) is 12.8 Å². The van der Waals surface area contributed by atoms with Crippen LogP contribution in [-0.2, 0) is 0 Å². The van der Waals surface area contributed by atoms with Crippen molar-refractivity contribution in [2.24, 2.45) is 0 Å². The molecule has 0 aromatic carbocycles. The lowest BCUT2D eigenvalue weighted by atomic mass is 10.2. The lowest BCUT2D eigenvalue weighted by Crippen LogP contribution is -1.69. The van der Waals surface area contributed by atoms with Gasteiger partial charge in [0.2, 0.25) is 0 Å². The van der Waals surface area contributed by atoms with E-state index in [1.165, 1.54) is 0 Å². The zero-order valence-corrected chi connectivity index (χ0v) is 7.18. The lowest BCUT2D eigenvalue weighted by molar-refractivity contribution is 0.560. The van der Waals surface area contributed by atoms with Gasteiger partial charge in [0.05, 0.1) is 0 Å². The van der Waals surface area contributed by atoms with Crippen LogP contribution < -0.4 is 0 Å². The SMILES string of the molecule is C#C.CC/C=C\C(C)=C/CF.